The van der Waals surface area contributed by atoms with Crippen LogP contribution in [0.4, 0.5) is 5.69 Å². The zero-order valence-electron chi connectivity index (χ0n) is 17.0. The van der Waals surface area contributed by atoms with Crippen LogP contribution in [0.5, 0.6) is 0 Å². The topological polar surface area (TPSA) is 108 Å². The minimum absolute atomic E-state index is 0.127. The zero-order valence-corrected chi connectivity index (χ0v) is 20.9. The lowest BCUT2D eigenvalue weighted by atomic mass is 9.78. The summed E-state index contributed by atoms with van der Waals surface area (Å²) in [6.45, 7) is 0. The third-order valence-corrected chi connectivity index (χ3v) is 7.09. The van der Waals surface area contributed by atoms with Gasteiger partial charge in [0.15, 0.2) is 0 Å². The molecule has 0 unspecified atom stereocenters. The molecule has 0 aromatic heterocycles. The van der Waals surface area contributed by atoms with Crippen molar-refractivity contribution in [1.29, 1.82) is 5.26 Å². The molecule has 7 nitrogen and oxygen atoms in total. The van der Waals surface area contributed by atoms with Gasteiger partial charge in [-0.15, -0.1) is 0 Å². The molecule has 2 atom stereocenters. The molecule has 1 aliphatic heterocycles. The summed E-state index contributed by atoms with van der Waals surface area (Å²) in [4.78, 5) is 37.7. The smallest absolute Gasteiger partial charge is 0.319 e. The van der Waals surface area contributed by atoms with Crippen molar-refractivity contribution in [3.8, 4) is 6.07 Å². The Morgan fingerprint density at radius 3 is 2.67 bits per heavy atom. The molecule has 0 aliphatic carbocycles. The van der Waals surface area contributed by atoms with Gasteiger partial charge in [0.25, 0.3) is 0 Å². The molecule has 1 aliphatic rings. The van der Waals surface area contributed by atoms with E-state index >= 15 is 0 Å². The molecular formula is C22H16BrCl2N3O4S. The number of anilines is 1. The molecule has 1 heterocycles. The van der Waals surface area contributed by atoms with Gasteiger partial charge in [0.1, 0.15) is 5.92 Å². The molecular weight excluding hydrogens is 553 g/mol. The molecule has 0 saturated heterocycles. The number of methoxy groups -OCH3 is 1. The molecule has 33 heavy (non-hydrogen) atoms. The standard InChI is InChI=1S/C22H16BrCl2N3O4S/c1-32-22(31)18-17(11-4-2-5-12(23)8-11)13(9-26)21(28-20(18)30)33-10-16(29)27-15-7-3-6-14(24)19(15)25/h2-8,17-18H,10H2,1H3,(H,27,29)(H,28,30)/t17-,18+/m1/s1. The quantitative estimate of drug-likeness (QED) is 0.380. The number of carbonyl (C=O) groups is 3. The Kier molecular flexibility index (Phi) is 8.43. The Morgan fingerprint density at radius 2 is 2.00 bits per heavy atom. The van der Waals surface area contributed by atoms with Crippen LogP contribution >= 0.6 is 50.9 Å². The van der Waals surface area contributed by atoms with Crippen LogP contribution in [-0.2, 0) is 19.1 Å². The molecule has 2 aromatic rings. The van der Waals surface area contributed by atoms with Crippen LogP contribution in [-0.4, -0.2) is 30.6 Å². The van der Waals surface area contributed by atoms with E-state index < -0.39 is 29.6 Å². The number of benzene rings is 2. The highest BCUT2D eigenvalue weighted by Gasteiger charge is 2.44. The molecule has 170 valence electrons. The van der Waals surface area contributed by atoms with Gasteiger partial charge in [0.05, 0.1) is 45.3 Å². The third kappa shape index (κ3) is 5.71. The summed E-state index contributed by atoms with van der Waals surface area (Å²) in [5.41, 5.74) is 1.08. The van der Waals surface area contributed by atoms with Crippen molar-refractivity contribution < 1.29 is 19.1 Å². The number of nitrogens with zero attached hydrogens (tertiary/aromatic N) is 1. The van der Waals surface area contributed by atoms with E-state index in [1.165, 1.54) is 7.11 Å². The first-order chi connectivity index (χ1) is 15.8. The maximum absolute atomic E-state index is 12.8. The highest BCUT2D eigenvalue weighted by Crippen LogP contribution is 2.40. The van der Waals surface area contributed by atoms with Gasteiger partial charge >= 0.3 is 5.97 Å². The maximum Gasteiger partial charge on any atom is 0.319 e. The number of nitriles is 1. The molecule has 0 spiro atoms. The average molecular weight is 569 g/mol. The van der Waals surface area contributed by atoms with E-state index in [-0.39, 0.29) is 21.4 Å². The number of ether oxygens (including phenoxy) is 1. The molecule has 0 fully saturated rings. The first kappa shape index (κ1) is 25.1. The van der Waals surface area contributed by atoms with Gasteiger partial charge < -0.3 is 15.4 Å². The number of hydrogen-bond acceptors (Lipinski definition) is 6. The van der Waals surface area contributed by atoms with Gasteiger partial charge in [-0.3, -0.25) is 14.4 Å². The van der Waals surface area contributed by atoms with Crippen molar-refractivity contribution in [3.63, 3.8) is 0 Å². The number of amides is 2. The van der Waals surface area contributed by atoms with Crippen LogP contribution in [0.25, 0.3) is 0 Å². The number of nitrogens with one attached hydrogen (secondary N) is 2. The van der Waals surface area contributed by atoms with Gasteiger partial charge in [-0.25, -0.2) is 0 Å². The Labute approximate surface area is 212 Å². The lowest BCUT2D eigenvalue weighted by Crippen LogP contribution is -2.44. The van der Waals surface area contributed by atoms with Crippen LogP contribution in [0.1, 0.15) is 11.5 Å². The highest BCUT2D eigenvalue weighted by atomic mass is 79.9. The number of rotatable bonds is 6. The summed E-state index contributed by atoms with van der Waals surface area (Å²) in [5, 5.41) is 15.8. The fourth-order valence-corrected chi connectivity index (χ4v) is 4.92. The van der Waals surface area contributed by atoms with Gasteiger partial charge in [-0.2, -0.15) is 5.26 Å². The summed E-state index contributed by atoms with van der Waals surface area (Å²) in [7, 11) is 1.18. The van der Waals surface area contributed by atoms with Gasteiger partial charge in [0, 0.05) is 10.4 Å². The molecule has 2 aromatic carbocycles. The van der Waals surface area contributed by atoms with Crippen molar-refractivity contribution in [1.82, 2.24) is 5.32 Å². The summed E-state index contributed by atoms with van der Waals surface area (Å²) in [6, 6.07) is 13.9. The predicted octanol–water partition coefficient (Wildman–Crippen LogP) is 4.87. The van der Waals surface area contributed by atoms with E-state index in [4.69, 9.17) is 27.9 Å². The molecule has 0 radical (unpaired) electrons. The fraction of sp³-hybridized carbons (Fsp3) is 0.182. The van der Waals surface area contributed by atoms with Crippen LogP contribution in [0.2, 0.25) is 10.0 Å². The summed E-state index contributed by atoms with van der Waals surface area (Å²) in [5.74, 6) is -4.05. The highest BCUT2D eigenvalue weighted by molar-refractivity contribution is 9.10. The first-order valence-corrected chi connectivity index (χ1v) is 11.9. The minimum atomic E-state index is -1.25. The number of halogens is 3. The Morgan fingerprint density at radius 1 is 1.27 bits per heavy atom. The average Bonchev–Trinajstić information content (AvgIpc) is 2.79. The summed E-state index contributed by atoms with van der Waals surface area (Å²) in [6.07, 6.45) is 0. The Hall–Kier alpha value is -2.51. The first-order valence-electron chi connectivity index (χ1n) is 9.42. The van der Waals surface area contributed by atoms with Gasteiger partial charge in [0.2, 0.25) is 11.8 Å². The largest absolute Gasteiger partial charge is 0.468 e. The van der Waals surface area contributed by atoms with E-state index in [2.05, 4.69) is 32.6 Å². The second kappa shape index (κ2) is 11.1. The van der Waals surface area contributed by atoms with Crippen LogP contribution in [0.15, 0.2) is 57.5 Å². The van der Waals surface area contributed by atoms with Crippen molar-refractivity contribution in [2.45, 2.75) is 5.92 Å². The molecule has 0 bridgehead atoms. The number of carbonyl (C=O) groups excluding carboxylic acids is 3. The predicted molar refractivity (Wildman–Crippen MR) is 131 cm³/mol. The molecule has 2 N–H and O–H groups in total. The lowest BCUT2D eigenvalue weighted by Gasteiger charge is -2.31. The summed E-state index contributed by atoms with van der Waals surface area (Å²) >= 11 is 16.4. The SMILES string of the molecule is COC(=O)[C@@H]1C(=O)NC(SCC(=O)Nc2cccc(Cl)c2Cl)=C(C#N)[C@H]1c1cccc(Br)c1. The zero-order chi connectivity index (χ0) is 24.1. The second-order valence-corrected chi connectivity index (χ2v) is 9.50. The van der Waals surface area contributed by atoms with E-state index in [0.29, 0.717) is 16.3 Å². The maximum atomic E-state index is 12.8. The number of esters is 1. The molecule has 2 amide bonds. The number of allylic oxidation sites excluding steroid dienone is 1. The van der Waals surface area contributed by atoms with Crippen molar-refractivity contribution in [2.75, 3.05) is 18.2 Å². The van der Waals surface area contributed by atoms with Crippen molar-refractivity contribution >= 4 is 74.4 Å². The Balaban J connectivity index is 1.90. The molecule has 3 rings (SSSR count). The minimum Gasteiger partial charge on any atom is -0.468 e. The molecule has 11 heteroatoms. The van der Waals surface area contributed by atoms with E-state index in [1.807, 2.05) is 0 Å². The fourth-order valence-electron chi connectivity index (χ4n) is 3.30. The van der Waals surface area contributed by atoms with Crippen LogP contribution < -0.4 is 10.6 Å². The lowest BCUT2D eigenvalue weighted by molar-refractivity contribution is -0.150. The Bertz CT molecular complexity index is 1200. The second-order valence-electron chi connectivity index (χ2n) is 6.82. The third-order valence-electron chi connectivity index (χ3n) is 4.76. The van der Waals surface area contributed by atoms with Gasteiger partial charge in [-0.05, 0) is 29.8 Å². The van der Waals surface area contributed by atoms with E-state index in [9.17, 15) is 19.6 Å². The summed E-state index contributed by atoms with van der Waals surface area (Å²) < 4.78 is 5.54. The molecule has 0 saturated carbocycles. The van der Waals surface area contributed by atoms with Gasteiger partial charge in [-0.1, -0.05) is 69.1 Å². The number of hydrogen-bond donors (Lipinski definition) is 2. The van der Waals surface area contributed by atoms with E-state index in [1.54, 1.807) is 42.5 Å². The van der Waals surface area contributed by atoms with E-state index in [0.717, 1.165) is 16.2 Å². The van der Waals surface area contributed by atoms with Crippen molar-refractivity contribution in [2.24, 2.45) is 5.92 Å². The van der Waals surface area contributed by atoms with Crippen LogP contribution in [0.3, 0.4) is 0 Å². The van der Waals surface area contributed by atoms with Crippen LogP contribution in [0, 0.1) is 17.2 Å². The van der Waals surface area contributed by atoms with Crippen molar-refractivity contribution in [3.05, 3.63) is 73.1 Å². The normalized spacial score (nSPS) is 17.7. The monoisotopic (exact) mass is 567 g/mol. The number of thioether (sulfide) groups is 1.